The first-order valence-corrected chi connectivity index (χ1v) is 4.34. The molecule has 0 saturated heterocycles. The van der Waals surface area contributed by atoms with Crippen LogP contribution in [0.4, 0.5) is 0 Å². The van der Waals surface area contributed by atoms with Crippen LogP contribution in [0.2, 0.25) is 0 Å². The topological polar surface area (TPSA) is 3.24 Å². The maximum Gasteiger partial charge on any atom is 0.182 e. The molecule has 0 unspecified atom stereocenters. The van der Waals surface area contributed by atoms with Gasteiger partial charge in [-0.1, -0.05) is 18.2 Å². The van der Waals surface area contributed by atoms with Crippen LogP contribution in [0.5, 0.6) is 0 Å². The molecule has 0 atom stereocenters. The van der Waals surface area contributed by atoms with E-state index < -0.39 is 0 Å². The Kier molecular flexibility index (Phi) is 1.93. The maximum atomic E-state index is 5.73. The molecule has 2 radical (unpaired) electrons. The maximum absolute atomic E-state index is 5.73. The zero-order valence-electron chi connectivity index (χ0n) is 7.38. The van der Waals surface area contributed by atoms with Gasteiger partial charge in [-0.05, 0) is 36.6 Å². The number of hydrogen-bond donors (Lipinski definition) is 0. The van der Waals surface area contributed by atoms with E-state index in [-0.39, 0.29) is 0 Å². The first kappa shape index (κ1) is 7.87. The van der Waals surface area contributed by atoms with Gasteiger partial charge < -0.3 is 4.81 Å². The quantitative estimate of drug-likeness (QED) is 0.515. The third-order valence-corrected chi connectivity index (χ3v) is 2.53. The Bertz CT molecular complexity index is 296. The number of rotatable bonds is 0. The summed E-state index contributed by atoms with van der Waals surface area (Å²) in [6, 6.07) is 6.44. The van der Waals surface area contributed by atoms with Crippen molar-refractivity contribution in [3.05, 3.63) is 34.9 Å². The standard InChI is InChI=1S/C10H12BN/c1-8-3-2-4-9-7-12(11)6-5-10(8)9/h2-4H,5-7H2,1H3. The molecule has 2 heteroatoms. The van der Waals surface area contributed by atoms with Crippen molar-refractivity contribution in [2.75, 3.05) is 6.54 Å². The van der Waals surface area contributed by atoms with Gasteiger partial charge in [0, 0.05) is 6.54 Å². The summed E-state index contributed by atoms with van der Waals surface area (Å²) in [4.78, 5) is 1.88. The third kappa shape index (κ3) is 1.27. The van der Waals surface area contributed by atoms with E-state index in [0.29, 0.717) is 0 Å². The summed E-state index contributed by atoms with van der Waals surface area (Å²) in [7, 11) is 5.73. The largest absolute Gasteiger partial charge is 0.350 e. The SMILES string of the molecule is [B]N1CCc2c(C)cccc2C1. The summed E-state index contributed by atoms with van der Waals surface area (Å²) in [5, 5.41) is 0. The second-order valence-corrected chi connectivity index (χ2v) is 3.43. The molecule has 0 bridgehead atoms. The molecular weight excluding hydrogens is 145 g/mol. The minimum absolute atomic E-state index is 0.900. The van der Waals surface area contributed by atoms with Crippen molar-refractivity contribution in [2.45, 2.75) is 19.9 Å². The minimum Gasteiger partial charge on any atom is -0.350 e. The molecule has 0 aromatic heterocycles. The van der Waals surface area contributed by atoms with Crippen LogP contribution in [0.25, 0.3) is 0 Å². The van der Waals surface area contributed by atoms with Gasteiger partial charge in [0.2, 0.25) is 0 Å². The number of benzene rings is 1. The average Bonchev–Trinajstić information content (AvgIpc) is 2.04. The fourth-order valence-electron chi connectivity index (χ4n) is 1.82. The van der Waals surface area contributed by atoms with Crippen molar-refractivity contribution in [3.8, 4) is 0 Å². The van der Waals surface area contributed by atoms with Crippen molar-refractivity contribution < 1.29 is 0 Å². The summed E-state index contributed by atoms with van der Waals surface area (Å²) in [5.41, 5.74) is 4.29. The predicted octanol–water partition coefficient (Wildman–Crippen LogP) is 1.44. The second kappa shape index (κ2) is 2.94. The lowest BCUT2D eigenvalue weighted by Crippen LogP contribution is -2.28. The van der Waals surface area contributed by atoms with Gasteiger partial charge in [0.1, 0.15) is 0 Å². The van der Waals surface area contributed by atoms with E-state index in [0.717, 1.165) is 19.5 Å². The van der Waals surface area contributed by atoms with Crippen LogP contribution in [-0.2, 0) is 13.0 Å². The summed E-state index contributed by atoms with van der Waals surface area (Å²) >= 11 is 0. The zero-order chi connectivity index (χ0) is 8.55. The van der Waals surface area contributed by atoms with Gasteiger partial charge in [-0.25, -0.2) is 0 Å². The Labute approximate surface area is 74.8 Å². The molecule has 0 aliphatic carbocycles. The fraction of sp³-hybridized carbons (Fsp3) is 0.400. The van der Waals surface area contributed by atoms with Crippen LogP contribution in [-0.4, -0.2) is 19.3 Å². The Hall–Kier alpha value is -0.755. The van der Waals surface area contributed by atoms with Gasteiger partial charge in [0.05, 0.1) is 0 Å². The van der Waals surface area contributed by atoms with Gasteiger partial charge in [-0.15, -0.1) is 0 Å². The van der Waals surface area contributed by atoms with Crippen LogP contribution >= 0.6 is 0 Å². The van der Waals surface area contributed by atoms with E-state index in [1.54, 1.807) is 0 Å². The molecule has 1 aromatic rings. The summed E-state index contributed by atoms with van der Waals surface area (Å²) in [6.45, 7) is 4.06. The van der Waals surface area contributed by atoms with Crippen molar-refractivity contribution in [1.82, 2.24) is 4.81 Å². The fourth-order valence-corrected chi connectivity index (χ4v) is 1.82. The molecule has 12 heavy (non-hydrogen) atoms. The van der Waals surface area contributed by atoms with E-state index in [4.69, 9.17) is 7.98 Å². The molecule has 1 heterocycles. The molecule has 0 spiro atoms. The smallest absolute Gasteiger partial charge is 0.182 e. The van der Waals surface area contributed by atoms with Gasteiger partial charge in [-0.3, -0.25) is 0 Å². The molecule has 1 aliphatic rings. The zero-order valence-corrected chi connectivity index (χ0v) is 7.38. The highest BCUT2D eigenvalue weighted by atomic mass is 15.0. The summed E-state index contributed by atoms with van der Waals surface area (Å²) in [6.07, 6.45) is 1.10. The monoisotopic (exact) mass is 157 g/mol. The lowest BCUT2D eigenvalue weighted by molar-refractivity contribution is 0.426. The molecule has 1 nitrogen and oxygen atoms in total. The first-order chi connectivity index (χ1) is 5.77. The van der Waals surface area contributed by atoms with Gasteiger partial charge >= 0.3 is 0 Å². The lowest BCUT2D eigenvalue weighted by atomic mass is 9.94. The third-order valence-electron chi connectivity index (χ3n) is 2.53. The molecule has 0 N–H and O–H groups in total. The molecule has 2 rings (SSSR count). The number of fused-ring (bicyclic) bond motifs is 1. The average molecular weight is 157 g/mol. The van der Waals surface area contributed by atoms with Crippen molar-refractivity contribution in [2.24, 2.45) is 0 Å². The Morgan fingerprint density at radius 2 is 2.25 bits per heavy atom. The second-order valence-electron chi connectivity index (χ2n) is 3.43. The molecule has 0 saturated carbocycles. The first-order valence-electron chi connectivity index (χ1n) is 4.34. The van der Waals surface area contributed by atoms with Crippen molar-refractivity contribution in [1.29, 1.82) is 0 Å². The minimum atomic E-state index is 0.900. The summed E-state index contributed by atoms with van der Waals surface area (Å²) in [5.74, 6) is 0. The molecule has 1 aliphatic heterocycles. The Morgan fingerprint density at radius 3 is 3.08 bits per heavy atom. The van der Waals surface area contributed by atoms with Gasteiger partial charge in [-0.2, -0.15) is 0 Å². The van der Waals surface area contributed by atoms with E-state index in [1.165, 1.54) is 16.7 Å². The number of nitrogens with zero attached hydrogens (tertiary/aromatic N) is 1. The molecular formula is C10H12BN. The van der Waals surface area contributed by atoms with E-state index in [9.17, 15) is 0 Å². The lowest BCUT2D eigenvalue weighted by Gasteiger charge is -2.26. The van der Waals surface area contributed by atoms with Crippen molar-refractivity contribution in [3.63, 3.8) is 0 Å². The number of hydrogen-bond acceptors (Lipinski definition) is 1. The molecule has 0 fully saturated rings. The van der Waals surface area contributed by atoms with Crippen LogP contribution in [0.3, 0.4) is 0 Å². The molecule has 0 amide bonds. The number of aryl methyl sites for hydroxylation is 1. The van der Waals surface area contributed by atoms with Crippen LogP contribution in [0, 0.1) is 6.92 Å². The van der Waals surface area contributed by atoms with E-state index >= 15 is 0 Å². The Balaban J connectivity index is 2.42. The van der Waals surface area contributed by atoms with Crippen LogP contribution < -0.4 is 0 Å². The van der Waals surface area contributed by atoms with E-state index in [1.807, 2.05) is 4.81 Å². The predicted molar refractivity (Wildman–Crippen MR) is 51.0 cm³/mol. The van der Waals surface area contributed by atoms with Gasteiger partial charge in [0.25, 0.3) is 0 Å². The normalized spacial score (nSPS) is 17.4. The Morgan fingerprint density at radius 1 is 1.42 bits per heavy atom. The summed E-state index contributed by atoms with van der Waals surface area (Å²) < 4.78 is 0. The van der Waals surface area contributed by atoms with Crippen molar-refractivity contribution >= 4 is 7.98 Å². The van der Waals surface area contributed by atoms with E-state index in [2.05, 4.69) is 25.1 Å². The van der Waals surface area contributed by atoms with Crippen LogP contribution in [0.1, 0.15) is 16.7 Å². The highest BCUT2D eigenvalue weighted by Crippen LogP contribution is 2.20. The molecule has 60 valence electrons. The van der Waals surface area contributed by atoms with Gasteiger partial charge in [0.15, 0.2) is 7.98 Å². The van der Waals surface area contributed by atoms with Crippen LogP contribution in [0.15, 0.2) is 18.2 Å². The highest BCUT2D eigenvalue weighted by molar-refractivity contribution is 6.04. The molecule has 1 aromatic carbocycles. The highest BCUT2D eigenvalue weighted by Gasteiger charge is 2.13.